The van der Waals surface area contributed by atoms with Gasteiger partial charge >= 0.3 is 5.97 Å². The Bertz CT molecular complexity index is 715. The monoisotopic (exact) mass is 363 g/mol. The molecule has 0 aromatic heterocycles. The van der Waals surface area contributed by atoms with E-state index in [9.17, 15) is 14.7 Å². The number of aromatic hydroxyl groups is 1. The maximum atomic E-state index is 11.8. The molecule has 0 heterocycles. The van der Waals surface area contributed by atoms with Gasteiger partial charge in [-0.2, -0.15) is 0 Å². The quantitative estimate of drug-likeness (QED) is 0.817. The largest absolute Gasteiger partial charge is 0.508 e. The highest BCUT2D eigenvalue weighted by molar-refractivity contribution is 9.10. The van der Waals surface area contributed by atoms with E-state index in [1.54, 1.807) is 12.1 Å². The molecule has 0 spiro atoms. The van der Waals surface area contributed by atoms with Gasteiger partial charge in [0, 0.05) is 10.2 Å². The van der Waals surface area contributed by atoms with E-state index in [0.717, 1.165) is 10.0 Å². The van der Waals surface area contributed by atoms with Crippen LogP contribution in [0.4, 0.5) is 5.69 Å². The third-order valence-corrected chi connectivity index (χ3v) is 3.37. The minimum atomic E-state index is -0.668. The normalized spacial score (nSPS) is 10.1. The molecule has 2 rings (SSSR count). The number of ether oxygens (including phenoxy) is 1. The second-order valence-corrected chi connectivity index (χ2v) is 5.55. The predicted octanol–water partition coefficient (Wildman–Crippen LogP) is 3.26. The van der Waals surface area contributed by atoms with Crippen LogP contribution in [0.5, 0.6) is 5.75 Å². The standard InChI is InChI=1S/C16H14BrNO4/c1-10-7-12(17)5-6-14(10)18-15(20)9-22-16(21)11-3-2-4-13(19)8-11/h2-8,19H,9H2,1H3,(H,18,20). The molecule has 0 radical (unpaired) electrons. The summed E-state index contributed by atoms with van der Waals surface area (Å²) >= 11 is 3.34. The first-order chi connectivity index (χ1) is 10.5. The van der Waals surface area contributed by atoms with Gasteiger partial charge in [0.1, 0.15) is 5.75 Å². The van der Waals surface area contributed by atoms with Crippen molar-refractivity contribution in [3.05, 3.63) is 58.1 Å². The number of benzene rings is 2. The predicted molar refractivity (Wildman–Crippen MR) is 85.9 cm³/mol. The van der Waals surface area contributed by atoms with E-state index >= 15 is 0 Å². The van der Waals surface area contributed by atoms with Gasteiger partial charge in [0.15, 0.2) is 6.61 Å². The molecule has 0 bridgehead atoms. The number of anilines is 1. The molecule has 0 aliphatic carbocycles. The number of rotatable bonds is 4. The number of halogens is 1. The Hall–Kier alpha value is -2.34. The Morgan fingerprint density at radius 3 is 2.68 bits per heavy atom. The number of aryl methyl sites for hydroxylation is 1. The second kappa shape index (κ2) is 7.09. The number of hydrogen-bond acceptors (Lipinski definition) is 4. The summed E-state index contributed by atoms with van der Waals surface area (Å²) in [4.78, 5) is 23.5. The Labute approximate surface area is 136 Å². The lowest BCUT2D eigenvalue weighted by molar-refractivity contribution is -0.119. The van der Waals surface area contributed by atoms with Crippen LogP contribution in [0.15, 0.2) is 46.9 Å². The topological polar surface area (TPSA) is 75.6 Å². The van der Waals surface area contributed by atoms with E-state index in [2.05, 4.69) is 21.2 Å². The van der Waals surface area contributed by atoms with Crippen molar-refractivity contribution in [2.75, 3.05) is 11.9 Å². The lowest BCUT2D eigenvalue weighted by Crippen LogP contribution is -2.21. The van der Waals surface area contributed by atoms with Crippen LogP contribution in [0.2, 0.25) is 0 Å². The molecule has 2 aromatic carbocycles. The summed E-state index contributed by atoms with van der Waals surface area (Å²) in [6, 6.07) is 11.2. The van der Waals surface area contributed by atoms with E-state index in [1.807, 2.05) is 13.0 Å². The maximum Gasteiger partial charge on any atom is 0.338 e. The number of esters is 1. The number of hydrogen-bond donors (Lipinski definition) is 2. The molecule has 0 aliphatic heterocycles. The molecule has 22 heavy (non-hydrogen) atoms. The van der Waals surface area contributed by atoms with Crippen molar-refractivity contribution in [1.29, 1.82) is 0 Å². The van der Waals surface area contributed by atoms with Crippen molar-refractivity contribution in [1.82, 2.24) is 0 Å². The van der Waals surface area contributed by atoms with Crippen molar-refractivity contribution < 1.29 is 19.4 Å². The smallest absolute Gasteiger partial charge is 0.338 e. The van der Waals surface area contributed by atoms with Gasteiger partial charge in [0.05, 0.1) is 5.56 Å². The summed E-state index contributed by atoms with van der Waals surface area (Å²) in [5.41, 5.74) is 1.73. The molecule has 2 N–H and O–H groups in total. The molecule has 114 valence electrons. The van der Waals surface area contributed by atoms with Gasteiger partial charge in [-0.25, -0.2) is 4.79 Å². The first kappa shape index (κ1) is 16.0. The van der Waals surface area contributed by atoms with Crippen LogP contribution in [0.25, 0.3) is 0 Å². The van der Waals surface area contributed by atoms with Crippen LogP contribution < -0.4 is 5.32 Å². The average Bonchev–Trinajstić information content (AvgIpc) is 2.47. The van der Waals surface area contributed by atoms with Crippen molar-refractivity contribution in [2.24, 2.45) is 0 Å². The van der Waals surface area contributed by atoms with Crippen LogP contribution in [0.1, 0.15) is 15.9 Å². The Kier molecular flexibility index (Phi) is 5.16. The highest BCUT2D eigenvalue weighted by Crippen LogP contribution is 2.20. The van der Waals surface area contributed by atoms with Crippen molar-refractivity contribution in [3.63, 3.8) is 0 Å². The molecule has 0 fully saturated rings. The van der Waals surface area contributed by atoms with Crippen molar-refractivity contribution >= 4 is 33.5 Å². The molecule has 2 aromatic rings. The number of phenolic OH excluding ortho intramolecular Hbond substituents is 1. The molecule has 0 atom stereocenters. The lowest BCUT2D eigenvalue weighted by Gasteiger charge is -2.09. The van der Waals surface area contributed by atoms with Crippen LogP contribution in [0, 0.1) is 6.92 Å². The zero-order chi connectivity index (χ0) is 16.1. The van der Waals surface area contributed by atoms with E-state index in [4.69, 9.17) is 4.74 Å². The summed E-state index contributed by atoms with van der Waals surface area (Å²) in [5, 5.41) is 12.0. The highest BCUT2D eigenvalue weighted by atomic mass is 79.9. The molecule has 6 heteroatoms. The molecule has 0 aliphatic rings. The molecular formula is C16H14BrNO4. The summed E-state index contributed by atoms with van der Waals surface area (Å²) in [6.45, 7) is 1.46. The van der Waals surface area contributed by atoms with Crippen LogP contribution in [-0.2, 0) is 9.53 Å². The van der Waals surface area contributed by atoms with Gasteiger partial charge in [-0.1, -0.05) is 22.0 Å². The number of phenols is 1. The third kappa shape index (κ3) is 4.33. The number of amides is 1. The summed E-state index contributed by atoms with van der Waals surface area (Å²) < 4.78 is 5.82. The molecule has 0 unspecified atom stereocenters. The van der Waals surface area contributed by atoms with Crippen LogP contribution in [0.3, 0.4) is 0 Å². The fourth-order valence-corrected chi connectivity index (χ4v) is 2.28. The molecule has 1 amide bonds. The molecule has 0 saturated carbocycles. The number of carbonyl (C=O) groups is 2. The van der Waals surface area contributed by atoms with E-state index in [0.29, 0.717) is 5.69 Å². The van der Waals surface area contributed by atoms with Crippen molar-refractivity contribution in [3.8, 4) is 5.75 Å². The van der Waals surface area contributed by atoms with Gasteiger partial charge in [-0.15, -0.1) is 0 Å². The van der Waals surface area contributed by atoms with Crippen molar-refractivity contribution in [2.45, 2.75) is 6.92 Å². The fraction of sp³-hybridized carbons (Fsp3) is 0.125. The van der Waals surface area contributed by atoms with Gasteiger partial charge in [0.2, 0.25) is 0 Å². The molecule has 0 saturated heterocycles. The summed E-state index contributed by atoms with van der Waals surface area (Å²) in [7, 11) is 0. The average molecular weight is 364 g/mol. The van der Waals surface area contributed by atoms with Crippen LogP contribution in [-0.4, -0.2) is 23.6 Å². The maximum absolute atomic E-state index is 11.8. The minimum Gasteiger partial charge on any atom is -0.508 e. The zero-order valence-corrected chi connectivity index (χ0v) is 13.4. The van der Waals surface area contributed by atoms with Gasteiger partial charge in [-0.05, 0) is 48.9 Å². The molecular weight excluding hydrogens is 350 g/mol. The second-order valence-electron chi connectivity index (χ2n) is 4.63. The fourth-order valence-electron chi connectivity index (χ4n) is 1.80. The lowest BCUT2D eigenvalue weighted by atomic mass is 10.2. The minimum absolute atomic E-state index is 0.0376. The number of nitrogens with one attached hydrogen (secondary N) is 1. The van der Waals surface area contributed by atoms with E-state index < -0.39 is 18.5 Å². The Morgan fingerprint density at radius 1 is 1.23 bits per heavy atom. The first-order valence-corrected chi connectivity index (χ1v) is 7.27. The summed E-state index contributed by atoms with van der Waals surface area (Å²) in [5.74, 6) is -1.14. The molecule has 5 nitrogen and oxygen atoms in total. The Balaban J connectivity index is 1.91. The van der Waals surface area contributed by atoms with Crippen LogP contribution >= 0.6 is 15.9 Å². The zero-order valence-electron chi connectivity index (χ0n) is 11.8. The van der Waals surface area contributed by atoms with Gasteiger partial charge in [0.25, 0.3) is 5.91 Å². The van der Waals surface area contributed by atoms with E-state index in [-0.39, 0.29) is 11.3 Å². The SMILES string of the molecule is Cc1cc(Br)ccc1NC(=O)COC(=O)c1cccc(O)c1. The Morgan fingerprint density at radius 2 is 2.00 bits per heavy atom. The van der Waals surface area contributed by atoms with Gasteiger partial charge < -0.3 is 15.2 Å². The van der Waals surface area contributed by atoms with Gasteiger partial charge in [-0.3, -0.25) is 4.79 Å². The summed E-state index contributed by atoms with van der Waals surface area (Å²) in [6.07, 6.45) is 0. The number of carbonyl (C=O) groups excluding carboxylic acids is 2. The first-order valence-electron chi connectivity index (χ1n) is 6.48. The highest BCUT2D eigenvalue weighted by Gasteiger charge is 2.11. The van der Waals surface area contributed by atoms with E-state index in [1.165, 1.54) is 24.3 Å². The third-order valence-electron chi connectivity index (χ3n) is 2.88.